The molecule has 0 spiro atoms. The summed E-state index contributed by atoms with van der Waals surface area (Å²) in [6.07, 6.45) is 9.03. The molecule has 1 aliphatic carbocycles. The van der Waals surface area contributed by atoms with Crippen molar-refractivity contribution in [1.29, 1.82) is 0 Å². The monoisotopic (exact) mass is 394 g/mol. The number of allylic oxidation sites excluding steroid dienone is 1. The Hall–Kier alpha value is -1.32. The third-order valence-electron chi connectivity index (χ3n) is 5.97. The molecule has 0 radical (unpaired) electrons. The van der Waals surface area contributed by atoms with Crippen molar-refractivity contribution in [3.8, 4) is 0 Å². The Kier molecular flexibility index (Phi) is 8.77. The highest BCUT2D eigenvalue weighted by Gasteiger charge is 2.39. The van der Waals surface area contributed by atoms with E-state index in [0.29, 0.717) is 0 Å². The standard InChI is InChI=1S/C24H42O4/c1-18(2)16-24(8,19(3)12-15-22(4,5)6)21(26)27-17-20(25)28-23(7)13-10-9-11-14-23/h16,19H,9-15,17H2,1-8H3. The first-order chi connectivity index (χ1) is 12.8. The van der Waals surface area contributed by atoms with Crippen molar-refractivity contribution < 1.29 is 19.1 Å². The van der Waals surface area contributed by atoms with Gasteiger partial charge >= 0.3 is 11.9 Å². The van der Waals surface area contributed by atoms with Gasteiger partial charge in [0.25, 0.3) is 0 Å². The van der Waals surface area contributed by atoms with Crippen LogP contribution in [0.25, 0.3) is 0 Å². The highest BCUT2D eigenvalue weighted by molar-refractivity contribution is 5.82. The zero-order chi connectivity index (χ0) is 21.6. The second kappa shape index (κ2) is 9.93. The van der Waals surface area contributed by atoms with Crippen LogP contribution in [0, 0.1) is 16.7 Å². The largest absolute Gasteiger partial charge is 0.457 e. The van der Waals surface area contributed by atoms with Crippen molar-refractivity contribution in [1.82, 2.24) is 0 Å². The van der Waals surface area contributed by atoms with E-state index in [2.05, 4.69) is 27.7 Å². The van der Waals surface area contributed by atoms with Crippen LogP contribution in [0.4, 0.5) is 0 Å². The number of hydrogen-bond donors (Lipinski definition) is 0. The van der Waals surface area contributed by atoms with E-state index in [4.69, 9.17) is 9.47 Å². The van der Waals surface area contributed by atoms with E-state index in [1.807, 2.05) is 33.8 Å². The second-order valence-electron chi connectivity index (χ2n) is 10.6. The van der Waals surface area contributed by atoms with Gasteiger partial charge in [0.05, 0.1) is 5.41 Å². The maximum atomic E-state index is 13.0. The van der Waals surface area contributed by atoms with Crippen LogP contribution in [-0.4, -0.2) is 24.1 Å². The molecule has 4 heteroatoms. The van der Waals surface area contributed by atoms with Gasteiger partial charge in [0.2, 0.25) is 0 Å². The topological polar surface area (TPSA) is 52.6 Å². The lowest BCUT2D eigenvalue weighted by Gasteiger charge is -2.34. The van der Waals surface area contributed by atoms with Gasteiger partial charge in [0.1, 0.15) is 5.60 Å². The zero-order valence-electron chi connectivity index (χ0n) is 19.4. The summed E-state index contributed by atoms with van der Waals surface area (Å²) in [5, 5.41) is 0. The molecular formula is C24H42O4. The van der Waals surface area contributed by atoms with E-state index < -0.39 is 17.0 Å². The quantitative estimate of drug-likeness (QED) is 0.362. The number of rotatable bonds is 8. The average molecular weight is 395 g/mol. The highest BCUT2D eigenvalue weighted by atomic mass is 16.6. The lowest BCUT2D eigenvalue weighted by molar-refractivity contribution is -0.174. The second-order valence-corrected chi connectivity index (χ2v) is 10.6. The molecule has 1 saturated carbocycles. The molecule has 0 aromatic heterocycles. The van der Waals surface area contributed by atoms with Gasteiger partial charge in [-0.25, -0.2) is 4.79 Å². The number of esters is 2. The Morgan fingerprint density at radius 2 is 1.64 bits per heavy atom. The summed E-state index contributed by atoms with van der Waals surface area (Å²) < 4.78 is 11.1. The number of carbonyl (C=O) groups excluding carboxylic acids is 2. The van der Waals surface area contributed by atoms with Crippen LogP contribution in [0.1, 0.15) is 100 Å². The summed E-state index contributed by atoms with van der Waals surface area (Å²) in [7, 11) is 0. The first-order valence-electron chi connectivity index (χ1n) is 10.8. The van der Waals surface area contributed by atoms with Crippen LogP contribution < -0.4 is 0 Å². The molecule has 0 aromatic rings. The van der Waals surface area contributed by atoms with E-state index in [-0.39, 0.29) is 23.9 Å². The molecule has 1 fully saturated rings. The molecule has 0 aromatic carbocycles. The van der Waals surface area contributed by atoms with Crippen molar-refractivity contribution in [2.75, 3.05) is 6.61 Å². The van der Waals surface area contributed by atoms with Gasteiger partial charge in [-0.1, -0.05) is 45.8 Å². The molecule has 2 atom stereocenters. The Morgan fingerprint density at radius 3 is 2.14 bits per heavy atom. The third-order valence-corrected chi connectivity index (χ3v) is 5.97. The van der Waals surface area contributed by atoms with E-state index in [1.165, 1.54) is 6.42 Å². The lowest BCUT2D eigenvalue weighted by Crippen LogP contribution is -2.38. The fourth-order valence-electron chi connectivity index (χ4n) is 3.94. The predicted octanol–water partition coefficient (Wildman–Crippen LogP) is 6.23. The molecule has 2 unspecified atom stereocenters. The Balaban J connectivity index is 2.73. The van der Waals surface area contributed by atoms with Gasteiger partial charge in [0.15, 0.2) is 6.61 Å². The van der Waals surface area contributed by atoms with Gasteiger partial charge in [-0.15, -0.1) is 0 Å². The molecule has 28 heavy (non-hydrogen) atoms. The molecule has 4 nitrogen and oxygen atoms in total. The SMILES string of the molecule is CC(C)=CC(C)(C(=O)OCC(=O)OC1(C)CCCCC1)C(C)CCC(C)(C)C. The minimum atomic E-state index is -0.751. The molecule has 0 saturated heterocycles. The van der Waals surface area contributed by atoms with Crippen molar-refractivity contribution in [3.63, 3.8) is 0 Å². The van der Waals surface area contributed by atoms with E-state index in [1.54, 1.807) is 0 Å². The highest BCUT2D eigenvalue weighted by Crippen LogP contribution is 2.37. The maximum Gasteiger partial charge on any atom is 0.344 e. The smallest absolute Gasteiger partial charge is 0.344 e. The van der Waals surface area contributed by atoms with Crippen LogP contribution in [0.15, 0.2) is 11.6 Å². The Morgan fingerprint density at radius 1 is 1.07 bits per heavy atom. The minimum absolute atomic E-state index is 0.112. The lowest BCUT2D eigenvalue weighted by atomic mass is 9.72. The maximum absolute atomic E-state index is 13.0. The number of hydrogen-bond acceptors (Lipinski definition) is 4. The molecule has 162 valence electrons. The van der Waals surface area contributed by atoms with E-state index in [0.717, 1.165) is 44.1 Å². The molecule has 1 rings (SSSR count). The first-order valence-corrected chi connectivity index (χ1v) is 10.8. The van der Waals surface area contributed by atoms with Crippen molar-refractivity contribution >= 4 is 11.9 Å². The number of carbonyl (C=O) groups is 2. The van der Waals surface area contributed by atoms with Crippen molar-refractivity contribution in [2.24, 2.45) is 16.7 Å². The summed E-state index contributed by atoms with van der Waals surface area (Å²) in [4.78, 5) is 25.3. The summed E-state index contributed by atoms with van der Waals surface area (Å²) >= 11 is 0. The summed E-state index contributed by atoms with van der Waals surface area (Å²) in [6, 6.07) is 0. The predicted molar refractivity (Wildman–Crippen MR) is 114 cm³/mol. The fourth-order valence-corrected chi connectivity index (χ4v) is 3.94. The van der Waals surface area contributed by atoms with Gasteiger partial charge in [-0.3, -0.25) is 4.79 Å². The van der Waals surface area contributed by atoms with Gasteiger partial charge in [0, 0.05) is 0 Å². The Bertz CT molecular complexity index is 560. The summed E-state index contributed by atoms with van der Waals surface area (Å²) in [5.41, 5.74) is 0.118. The van der Waals surface area contributed by atoms with Crippen LogP contribution in [0.2, 0.25) is 0 Å². The third kappa shape index (κ3) is 7.97. The number of ether oxygens (including phenoxy) is 2. The van der Waals surface area contributed by atoms with E-state index in [9.17, 15) is 9.59 Å². The fraction of sp³-hybridized carbons (Fsp3) is 0.833. The van der Waals surface area contributed by atoms with Crippen LogP contribution in [0.3, 0.4) is 0 Å². The molecule has 1 aliphatic rings. The van der Waals surface area contributed by atoms with Gasteiger partial charge in [-0.05, 0) is 77.6 Å². The molecule has 0 aliphatic heterocycles. The van der Waals surface area contributed by atoms with Crippen LogP contribution in [-0.2, 0) is 19.1 Å². The zero-order valence-corrected chi connectivity index (χ0v) is 19.4. The first kappa shape index (κ1) is 24.7. The van der Waals surface area contributed by atoms with Crippen LogP contribution >= 0.6 is 0 Å². The Labute approximate surface area is 172 Å². The van der Waals surface area contributed by atoms with Gasteiger partial charge < -0.3 is 9.47 Å². The molecule has 0 N–H and O–H groups in total. The van der Waals surface area contributed by atoms with Crippen molar-refractivity contribution in [3.05, 3.63) is 11.6 Å². The van der Waals surface area contributed by atoms with Gasteiger partial charge in [-0.2, -0.15) is 0 Å². The molecule has 0 heterocycles. The molecular weight excluding hydrogens is 352 g/mol. The summed E-state index contributed by atoms with van der Waals surface area (Å²) in [6.45, 7) is 16.3. The molecule has 0 amide bonds. The summed E-state index contributed by atoms with van der Waals surface area (Å²) in [5.74, 6) is -0.679. The normalized spacial score (nSPS) is 19.9. The van der Waals surface area contributed by atoms with E-state index >= 15 is 0 Å². The van der Waals surface area contributed by atoms with Crippen LogP contribution in [0.5, 0.6) is 0 Å². The molecule has 0 bridgehead atoms. The van der Waals surface area contributed by atoms with Crippen molar-refractivity contribution in [2.45, 2.75) is 106 Å². The average Bonchev–Trinajstić information content (AvgIpc) is 2.56. The minimum Gasteiger partial charge on any atom is -0.457 e.